The highest BCUT2D eigenvalue weighted by molar-refractivity contribution is 5.42. The number of nitrogens with zero attached hydrogens (tertiary/aromatic N) is 1. The average Bonchev–Trinajstić information content (AvgIpc) is 2.15. The number of nitrogens with one attached hydrogen (secondary N) is 2. The number of likely N-dealkylation sites (N-methyl/N-ethyl adjacent to an activating group) is 1. The lowest BCUT2D eigenvalue weighted by molar-refractivity contribution is 0.187. The van der Waals surface area contributed by atoms with Crippen molar-refractivity contribution < 1.29 is 5.11 Å². The van der Waals surface area contributed by atoms with Crippen LogP contribution in [0.3, 0.4) is 0 Å². The summed E-state index contributed by atoms with van der Waals surface area (Å²) in [5.74, 6) is 1.15. The van der Waals surface area contributed by atoms with E-state index >= 15 is 0 Å². The second-order valence-electron chi connectivity index (χ2n) is 3.04. The van der Waals surface area contributed by atoms with Crippen molar-refractivity contribution in [1.29, 1.82) is 0 Å². The SMILES string of the molecule is CNCC(O)CNc1cccc(N)n1. The second-order valence-corrected chi connectivity index (χ2v) is 3.04. The molecule has 0 amide bonds. The zero-order valence-electron chi connectivity index (χ0n) is 8.20. The number of hydrogen-bond donors (Lipinski definition) is 4. The quantitative estimate of drug-likeness (QED) is 0.517. The lowest BCUT2D eigenvalue weighted by atomic mass is 10.3. The third-order valence-corrected chi connectivity index (χ3v) is 1.73. The number of aliphatic hydroxyl groups excluding tert-OH is 1. The average molecular weight is 196 g/mol. The van der Waals surface area contributed by atoms with Gasteiger partial charge in [-0.2, -0.15) is 0 Å². The molecular formula is C9H16N4O. The molecule has 1 unspecified atom stereocenters. The van der Waals surface area contributed by atoms with Gasteiger partial charge >= 0.3 is 0 Å². The Morgan fingerprint density at radius 1 is 1.50 bits per heavy atom. The Hall–Kier alpha value is -1.33. The molecule has 1 rings (SSSR count). The smallest absolute Gasteiger partial charge is 0.128 e. The van der Waals surface area contributed by atoms with Gasteiger partial charge in [-0.25, -0.2) is 4.98 Å². The van der Waals surface area contributed by atoms with Crippen molar-refractivity contribution in [3.63, 3.8) is 0 Å². The fourth-order valence-corrected chi connectivity index (χ4v) is 1.08. The van der Waals surface area contributed by atoms with Crippen LogP contribution in [0.2, 0.25) is 0 Å². The number of nitrogen functional groups attached to an aromatic ring is 1. The number of anilines is 2. The molecule has 0 saturated carbocycles. The van der Waals surface area contributed by atoms with Crippen LogP contribution in [0.1, 0.15) is 0 Å². The van der Waals surface area contributed by atoms with Gasteiger partial charge in [-0.1, -0.05) is 6.07 Å². The number of aromatic nitrogens is 1. The monoisotopic (exact) mass is 196 g/mol. The van der Waals surface area contributed by atoms with Crippen molar-refractivity contribution in [1.82, 2.24) is 10.3 Å². The molecule has 0 fully saturated rings. The maximum atomic E-state index is 9.40. The minimum absolute atomic E-state index is 0.428. The van der Waals surface area contributed by atoms with Gasteiger partial charge in [0.1, 0.15) is 11.6 Å². The Kier molecular flexibility index (Phi) is 4.15. The predicted octanol–water partition coefficient (Wildman–Crippen LogP) is -0.344. The molecule has 78 valence electrons. The van der Waals surface area contributed by atoms with Gasteiger partial charge < -0.3 is 21.5 Å². The fraction of sp³-hybridized carbons (Fsp3) is 0.444. The largest absolute Gasteiger partial charge is 0.390 e. The lowest BCUT2D eigenvalue weighted by Crippen LogP contribution is -2.30. The fourth-order valence-electron chi connectivity index (χ4n) is 1.08. The zero-order chi connectivity index (χ0) is 10.4. The van der Waals surface area contributed by atoms with Gasteiger partial charge in [-0.3, -0.25) is 0 Å². The van der Waals surface area contributed by atoms with E-state index in [0.29, 0.717) is 24.7 Å². The van der Waals surface area contributed by atoms with E-state index in [2.05, 4.69) is 15.6 Å². The molecule has 0 bridgehead atoms. The van der Waals surface area contributed by atoms with Crippen LogP contribution < -0.4 is 16.4 Å². The highest BCUT2D eigenvalue weighted by Crippen LogP contribution is 2.05. The summed E-state index contributed by atoms with van der Waals surface area (Å²) in [5.41, 5.74) is 5.50. The molecule has 0 saturated heterocycles. The highest BCUT2D eigenvalue weighted by Gasteiger charge is 2.02. The topological polar surface area (TPSA) is 83.2 Å². The standard InChI is InChI=1S/C9H16N4O/c1-11-5-7(14)6-12-9-4-2-3-8(10)13-9/h2-4,7,11,14H,5-6H2,1H3,(H3,10,12,13). The van der Waals surface area contributed by atoms with E-state index in [-0.39, 0.29) is 0 Å². The Bertz CT molecular complexity index is 279. The number of hydrogen-bond acceptors (Lipinski definition) is 5. The first-order chi connectivity index (χ1) is 6.72. The summed E-state index contributed by atoms with van der Waals surface area (Å²) in [4.78, 5) is 4.04. The molecule has 0 radical (unpaired) electrons. The van der Waals surface area contributed by atoms with Crippen LogP contribution in [0.5, 0.6) is 0 Å². The Morgan fingerprint density at radius 2 is 2.29 bits per heavy atom. The van der Waals surface area contributed by atoms with E-state index < -0.39 is 6.10 Å². The third kappa shape index (κ3) is 3.59. The van der Waals surface area contributed by atoms with E-state index in [9.17, 15) is 5.11 Å². The molecule has 0 aliphatic rings. The summed E-state index contributed by atoms with van der Waals surface area (Å²) in [6.45, 7) is 1.01. The van der Waals surface area contributed by atoms with Crippen LogP contribution >= 0.6 is 0 Å². The summed E-state index contributed by atoms with van der Waals surface area (Å²) in [7, 11) is 1.79. The number of nitrogens with two attached hydrogens (primary N) is 1. The first-order valence-electron chi connectivity index (χ1n) is 4.51. The highest BCUT2D eigenvalue weighted by atomic mass is 16.3. The van der Waals surface area contributed by atoms with Crippen molar-refractivity contribution in [2.45, 2.75) is 6.10 Å². The zero-order valence-corrected chi connectivity index (χ0v) is 8.20. The van der Waals surface area contributed by atoms with E-state index in [1.165, 1.54) is 0 Å². The van der Waals surface area contributed by atoms with E-state index in [1.54, 1.807) is 13.1 Å². The van der Waals surface area contributed by atoms with Crippen molar-refractivity contribution in [3.05, 3.63) is 18.2 Å². The van der Waals surface area contributed by atoms with E-state index in [1.807, 2.05) is 12.1 Å². The van der Waals surface area contributed by atoms with Gasteiger partial charge in [-0.15, -0.1) is 0 Å². The number of pyridine rings is 1. The molecular weight excluding hydrogens is 180 g/mol. The molecule has 5 N–H and O–H groups in total. The first-order valence-corrected chi connectivity index (χ1v) is 4.51. The third-order valence-electron chi connectivity index (χ3n) is 1.73. The van der Waals surface area contributed by atoms with Gasteiger partial charge in [-0.05, 0) is 19.2 Å². The Labute approximate surface area is 83.3 Å². The van der Waals surface area contributed by atoms with Gasteiger partial charge in [0.15, 0.2) is 0 Å². The second kappa shape index (κ2) is 5.41. The van der Waals surface area contributed by atoms with Crippen molar-refractivity contribution in [2.75, 3.05) is 31.2 Å². The summed E-state index contributed by atoms with van der Waals surface area (Å²) >= 11 is 0. The summed E-state index contributed by atoms with van der Waals surface area (Å²) < 4.78 is 0. The predicted molar refractivity (Wildman–Crippen MR) is 57.1 cm³/mol. The van der Waals surface area contributed by atoms with Gasteiger partial charge in [0, 0.05) is 13.1 Å². The molecule has 1 atom stereocenters. The van der Waals surface area contributed by atoms with Crippen LogP contribution in [0.4, 0.5) is 11.6 Å². The van der Waals surface area contributed by atoms with Gasteiger partial charge in [0.25, 0.3) is 0 Å². The molecule has 0 aromatic carbocycles. The molecule has 0 aliphatic heterocycles. The molecule has 14 heavy (non-hydrogen) atoms. The Balaban J connectivity index is 2.37. The first kappa shape index (κ1) is 10.7. The van der Waals surface area contributed by atoms with Crippen LogP contribution in [0.15, 0.2) is 18.2 Å². The minimum atomic E-state index is -0.428. The molecule has 0 spiro atoms. The molecule has 5 nitrogen and oxygen atoms in total. The Morgan fingerprint density at radius 3 is 2.93 bits per heavy atom. The van der Waals surface area contributed by atoms with Crippen molar-refractivity contribution in [3.8, 4) is 0 Å². The van der Waals surface area contributed by atoms with E-state index in [0.717, 1.165) is 0 Å². The molecule has 5 heteroatoms. The summed E-state index contributed by atoms with van der Waals surface area (Å²) in [5, 5.41) is 15.3. The molecule has 1 heterocycles. The van der Waals surface area contributed by atoms with E-state index in [4.69, 9.17) is 5.73 Å². The van der Waals surface area contributed by atoms with Crippen LogP contribution in [0, 0.1) is 0 Å². The van der Waals surface area contributed by atoms with Crippen LogP contribution in [-0.4, -0.2) is 36.3 Å². The van der Waals surface area contributed by atoms with Gasteiger partial charge in [0.2, 0.25) is 0 Å². The van der Waals surface area contributed by atoms with Crippen LogP contribution in [-0.2, 0) is 0 Å². The van der Waals surface area contributed by atoms with Crippen molar-refractivity contribution in [2.24, 2.45) is 0 Å². The number of aliphatic hydroxyl groups is 1. The normalized spacial score (nSPS) is 12.4. The van der Waals surface area contributed by atoms with Crippen molar-refractivity contribution >= 4 is 11.6 Å². The lowest BCUT2D eigenvalue weighted by Gasteiger charge is -2.11. The molecule has 0 aliphatic carbocycles. The number of rotatable bonds is 5. The van der Waals surface area contributed by atoms with Crippen LogP contribution in [0.25, 0.3) is 0 Å². The molecule has 1 aromatic rings. The maximum Gasteiger partial charge on any atom is 0.128 e. The summed E-state index contributed by atoms with van der Waals surface area (Å²) in [6, 6.07) is 5.34. The molecule has 1 aromatic heterocycles. The van der Waals surface area contributed by atoms with Gasteiger partial charge in [0.05, 0.1) is 6.10 Å². The minimum Gasteiger partial charge on any atom is -0.390 e. The maximum absolute atomic E-state index is 9.40. The summed E-state index contributed by atoms with van der Waals surface area (Å²) in [6.07, 6.45) is -0.428.